The lowest BCUT2D eigenvalue weighted by Crippen LogP contribution is -2.60. The van der Waals surface area contributed by atoms with Crippen molar-refractivity contribution in [2.45, 2.75) is 135 Å². The van der Waals surface area contributed by atoms with Gasteiger partial charge in [0, 0.05) is 53.7 Å². The minimum absolute atomic E-state index is 0.00935. The van der Waals surface area contributed by atoms with Gasteiger partial charge in [0.25, 0.3) is 6.71 Å². The molecule has 5 heteroatoms. The molecule has 6 aliphatic rings. The fraction of sp³-hybridized carbons (Fsp3) is 0.343. The Morgan fingerprint density at radius 3 is 2.01 bits per heavy atom. The normalized spacial score (nSPS) is 21.9. The maximum atomic E-state index is 7.01. The highest BCUT2D eigenvalue weighted by Crippen LogP contribution is 2.67. The standard InChI is InChI=1S/C67H65BN2OS/c1-63(2,3)39-27-28-51-50(32-39)68-59-54(69(51)53-23-15-19-43-42-17-12-14-24-56(42)71-61(43)53)33-41(64(4,5)6)34-55(59)70(60-45-35-48-49(36-57(45)72-62(60)68)66(9,10)30-29-65(48,7)8)52-22-16-21-47-58(52)44-18-11-13-20-46(44)67(47)37-38-25-26-40(67)31-38/h11-24,27-28,32-36,38,40H,25-26,29-31,37H2,1-10H3. The summed E-state index contributed by atoms with van der Waals surface area (Å²) in [5.74, 6) is 1.48. The SMILES string of the molecule is CC(C)(C)c1ccc2c(c1)B1c3sc4cc5c(cc4c3N(c3cccc4c3-c3ccccc3C43CC4CCC3C4)c3cc(C(C)(C)C)cc(c31)N2c1cccc2c1oc1ccccc12)C(C)(C)CCC5(C)C. The van der Waals surface area contributed by atoms with Crippen LogP contribution in [-0.2, 0) is 27.1 Å². The van der Waals surface area contributed by atoms with Crippen LogP contribution in [-0.4, -0.2) is 6.71 Å². The number of benzene rings is 7. The zero-order valence-corrected chi connectivity index (χ0v) is 44.6. The quantitative estimate of drug-likeness (QED) is 0.161. The summed E-state index contributed by atoms with van der Waals surface area (Å²) in [7, 11) is 0. The van der Waals surface area contributed by atoms with Crippen molar-refractivity contribution < 1.29 is 4.42 Å². The van der Waals surface area contributed by atoms with E-state index in [9.17, 15) is 0 Å². The van der Waals surface area contributed by atoms with Crippen LogP contribution >= 0.6 is 11.3 Å². The zero-order valence-electron chi connectivity index (χ0n) is 43.8. The topological polar surface area (TPSA) is 19.6 Å². The number of furan rings is 1. The number of nitrogens with zero attached hydrogens (tertiary/aromatic N) is 2. The van der Waals surface area contributed by atoms with Crippen molar-refractivity contribution >= 4 is 99.9 Å². The van der Waals surface area contributed by atoms with Crippen molar-refractivity contribution in [3.8, 4) is 11.1 Å². The van der Waals surface area contributed by atoms with Crippen LogP contribution in [0, 0.1) is 11.8 Å². The molecule has 358 valence electrons. The average Bonchev–Trinajstić information content (AvgIpc) is 4.19. The molecule has 3 nitrogen and oxygen atoms in total. The van der Waals surface area contributed by atoms with E-state index >= 15 is 0 Å². The van der Waals surface area contributed by atoms with Gasteiger partial charge in [-0.1, -0.05) is 155 Å². The molecule has 15 rings (SSSR count). The highest BCUT2D eigenvalue weighted by Gasteiger charge is 2.58. The molecular weight excluding hydrogens is 892 g/mol. The summed E-state index contributed by atoms with van der Waals surface area (Å²) < 4.78 is 9.86. The molecule has 2 aliphatic heterocycles. The molecule has 3 unspecified atom stereocenters. The van der Waals surface area contributed by atoms with Gasteiger partial charge >= 0.3 is 0 Å². The molecule has 72 heavy (non-hydrogen) atoms. The van der Waals surface area contributed by atoms with E-state index in [0.29, 0.717) is 5.92 Å². The molecule has 2 fully saturated rings. The summed E-state index contributed by atoms with van der Waals surface area (Å²) in [6.07, 6.45) is 7.70. The molecule has 0 N–H and O–H groups in total. The molecule has 4 heterocycles. The van der Waals surface area contributed by atoms with Crippen LogP contribution in [0.3, 0.4) is 0 Å². The largest absolute Gasteiger partial charge is 0.454 e. The molecule has 4 aliphatic carbocycles. The van der Waals surface area contributed by atoms with Crippen LogP contribution in [0.2, 0.25) is 0 Å². The van der Waals surface area contributed by atoms with E-state index in [-0.39, 0.29) is 33.8 Å². The minimum atomic E-state index is -0.149. The second kappa shape index (κ2) is 14.2. The Bertz CT molecular complexity index is 3850. The number of thiophene rings is 1. The summed E-state index contributed by atoms with van der Waals surface area (Å²) in [6.45, 7) is 24.3. The molecule has 0 amide bonds. The van der Waals surface area contributed by atoms with E-state index in [1.54, 1.807) is 11.1 Å². The van der Waals surface area contributed by atoms with Gasteiger partial charge in [0.15, 0.2) is 5.58 Å². The summed E-state index contributed by atoms with van der Waals surface area (Å²) >= 11 is 2.07. The number of hydrogen-bond donors (Lipinski definition) is 0. The van der Waals surface area contributed by atoms with Gasteiger partial charge in [-0.3, -0.25) is 0 Å². The molecule has 2 aromatic heterocycles. The zero-order chi connectivity index (χ0) is 49.2. The van der Waals surface area contributed by atoms with Crippen LogP contribution in [0.15, 0.2) is 132 Å². The predicted molar refractivity (Wildman–Crippen MR) is 307 cm³/mol. The molecule has 2 bridgehead atoms. The van der Waals surface area contributed by atoms with Gasteiger partial charge < -0.3 is 14.2 Å². The number of fused-ring (bicyclic) bond motifs is 18. The third-order valence-corrected chi connectivity index (χ3v) is 20.5. The first-order valence-corrected chi connectivity index (χ1v) is 27.9. The van der Waals surface area contributed by atoms with Crippen molar-refractivity contribution in [1.82, 2.24) is 0 Å². The first-order chi connectivity index (χ1) is 34.4. The third kappa shape index (κ3) is 5.64. The summed E-state index contributed by atoms with van der Waals surface area (Å²) in [4.78, 5) is 5.43. The maximum absolute atomic E-state index is 7.01. The van der Waals surface area contributed by atoms with E-state index < -0.39 is 0 Å². The Hall–Kier alpha value is -6.04. The minimum Gasteiger partial charge on any atom is -0.454 e. The van der Waals surface area contributed by atoms with Crippen molar-refractivity contribution in [2.75, 3.05) is 9.80 Å². The van der Waals surface area contributed by atoms with E-state index in [1.807, 2.05) is 0 Å². The van der Waals surface area contributed by atoms with Gasteiger partial charge in [0.05, 0.1) is 17.1 Å². The van der Waals surface area contributed by atoms with Crippen LogP contribution in [0.5, 0.6) is 0 Å². The van der Waals surface area contributed by atoms with Gasteiger partial charge in [-0.25, -0.2) is 0 Å². The van der Waals surface area contributed by atoms with Gasteiger partial charge in [-0.2, -0.15) is 0 Å². The lowest BCUT2D eigenvalue weighted by Gasteiger charge is -2.45. The first kappa shape index (κ1) is 43.5. The molecule has 9 aromatic rings. The van der Waals surface area contributed by atoms with Crippen LogP contribution in [0.4, 0.5) is 34.1 Å². The molecule has 2 saturated carbocycles. The molecule has 1 spiro atoms. The van der Waals surface area contributed by atoms with Crippen molar-refractivity contribution in [3.05, 3.63) is 161 Å². The van der Waals surface area contributed by atoms with Gasteiger partial charge in [-0.15, -0.1) is 11.3 Å². The highest BCUT2D eigenvalue weighted by atomic mass is 32.1. The smallest absolute Gasteiger partial charge is 0.264 e. The molecular formula is C67H65BN2OS. The third-order valence-electron chi connectivity index (χ3n) is 19.3. The van der Waals surface area contributed by atoms with Crippen LogP contribution in [0.1, 0.15) is 141 Å². The second-order valence-electron chi connectivity index (χ2n) is 26.3. The monoisotopic (exact) mass is 956 g/mol. The Morgan fingerprint density at radius 2 is 1.26 bits per heavy atom. The van der Waals surface area contributed by atoms with E-state index in [0.717, 1.165) is 33.5 Å². The van der Waals surface area contributed by atoms with Crippen molar-refractivity contribution in [3.63, 3.8) is 0 Å². The van der Waals surface area contributed by atoms with Gasteiger partial charge in [0.2, 0.25) is 0 Å². The fourth-order valence-electron chi connectivity index (χ4n) is 15.5. The maximum Gasteiger partial charge on any atom is 0.264 e. The number of para-hydroxylation sites is 2. The summed E-state index contributed by atoms with van der Waals surface area (Å²) in [6, 6.07) is 50.4. The van der Waals surface area contributed by atoms with E-state index in [2.05, 4.69) is 218 Å². The Labute approximate surface area is 430 Å². The second-order valence-corrected chi connectivity index (χ2v) is 27.4. The summed E-state index contributed by atoms with van der Waals surface area (Å²) in [5, 5.41) is 3.70. The van der Waals surface area contributed by atoms with Crippen LogP contribution < -0.4 is 25.5 Å². The Morgan fingerprint density at radius 1 is 0.583 bits per heavy atom. The van der Waals surface area contributed by atoms with Gasteiger partial charge in [-0.05, 0) is 164 Å². The average molecular weight is 957 g/mol. The van der Waals surface area contributed by atoms with Crippen molar-refractivity contribution in [1.29, 1.82) is 0 Å². The molecule has 7 aromatic carbocycles. The van der Waals surface area contributed by atoms with Crippen molar-refractivity contribution in [2.24, 2.45) is 11.8 Å². The molecule has 0 saturated heterocycles. The highest BCUT2D eigenvalue weighted by molar-refractivity contribution is 7.33. The molecule has 3 atom stereocenters. The Balaban J connectivity index is 1.10. The lowest BCUT2D eigenvalue weighted by atomic mass is 9.36. The van der Waals surface area contributed by atoms with Crippen LogP contribution in [0.25, 0.3) is 43.2 Å². The lowest BCUT2D eigenvalue weighted by molar-refractivity contribution is 0.327. The molecule has 0 radical (unpaired) electrons. The number of anilines is 6. The number of hydrogen-bond acceptors (Lipinski definition) is 4. The number of rotatable bonds is 2. The fourth-order valence-corrected chi connectivity index (χ4v) is 16.8. The Kier molecular flexibility index (Phi) is 8.57. The first-order valence-electron chi connectivity index (χ1n) is 27.1. The van der Waals surface area contributed by atoms with Gasteiger partial charge in [0.1, 0.15) is 5.58 Å². The van der Waals surface area contributed by atoms with E-state index in [1.165, 1.54) is 126 Å². The predicted octanol–water partition coefficient (Wildman–Crippen LogP) is 16.9. The van der Waals surface area contributed by atoms with E-state index in [4.69, 9.17) is 4.42 Å². The summed E-state index contributed by atoms with van der Waals surface area (Å²) in [5.41, 5.74) is 24.0.